The second kappa shape index (κ2) is 8.22. The standard InChI is InChI=1S/C19H27NO/c1-4-16-5-8-18(9-6-16)14-21-15-19-10-7-17(13-19)11-12-20(2)3/h1,5-6,8-9,17,19H,7,10-15H2,2-3H3. The minimum Gasteiger partial charge on any atom is -0.376 e. The Labute approximate surface area is 129 Å². The van der Waals surface area contributed by atoms with E-state index in [1.54, 1.807) is 0 Å². The molecule has 1 fully saturated rings. The smallest absolute Gasteiger partial charge is 0.0717 e. The van der Waals surface area contributed by atoms with Crippen LogP contribution in [0.5, 0.6) is 0 Å². The molecule has 2 atom stereocenters. The zero-order valence-corrected chi connectivity index (χ0v) is 13.3. The molecule has 1 aliphatic carbocycles. The summed E-state index contributed by atoms with van der Waals surface area (Å²) in [6.07, 6.45) is 10.7. The molecule has 2 heteroatoms. The molecule has 0 spiro atoms. The van der Waals surface area contributed by atoms with Crippen LogP contribution in [-0.4, -0.2) is 32.1 Å². The van der Waals surface area contributed by atoms with Crippen LogP contribution >= 0.6 is 0 Å². The summed E-state index contributed by atoms with van der Waals surface area (Å²) < 4.78 is 5.89. The third kappa shape index (κ3) is 5.53. The molecule has 0 heterocycles. The average Bonchev–Trinajstić information content (AvgIpc) is 2.94. The molecule has 0 aliphatic heterocycles. The zero-order valence-electron chi connectivity index (χ0n) is 13.3. The molecule has 2 rings (SSSR count). The molecule has 0 aromatic heterocycles. The molecule has 21 heavy (non-hydrogen) atoms. The highest BCUT2D eigenvalue weighted by atomic mass is 16.5. The summed E-state index contributed by atoms with van der Waals surface area (Å²) in [5, 5.41) is 0. The number of rotatable bonds is 7. The Kier molecular flexibility index (Phi) is 6.29. The molecule has 0 bridgehead atoms. The Hall–Kier alpha value is -1.30. The van der Waals surface area contributed by atoms with Crippen LogP contribution in [0.4, 0.5) is 0 Å². The normalized spacial score (nSPS) is 21.6. The highest BCUT2D eigenvalue weighted by Gasteiger charge is 2.24. The summed E-state index contributed by atoms with van der Waals surface area (Å²) in [6, 6.07) is 8.07. The van der Waals surface area contributed by atoms with Gasteiger partial charge in [0.05, 0.1) is 6.61 Å². The van der Waals surface area contributed by atoms with E-state index in [0.29, 0.717) is 6.61 Å². The van der Waals surface area contributed by atoms with Crippen LogP contribution < -0.4 is 0 Å². The van der Waals surface area contributed by atoms with Crippen molar-refractivity contribution in [3.63, 3.8) is 0 Å². The van der Waals surface area contributed by atoms with Crippen LogP contribution in [0.2, 0.25) is 0 Å². The SMILES string of the molecule is C#Cc1ccc(COCC2CCC(CCN(C)C)C2)cc1. The monoisotopic (exact) mass is 285 g/mol. The Morgan fingerprint density at radius 2 is 1.90 bits per heavy atom. The molecular weight excluding hydrogens is 258 g/mol. The van der Waals surface area contributed by atoms with Gasteiger partial charge in [0.25, 0.3) is 0 Å². The van der Waals surface area contributed by atoms with Crippen LogP contribution in [0.3, 0.4) is 0 Å². The number of ether oxygens (including phenoxy) is 1. The maximum absolute atomic E-state index is 5.89. The summed E-state index contributed by atoms with van der Waals surface area (Å²) in [5.74, 6) is 4.29. The first kappa shape index (κ1) is 16.1. The minimum atomic E-state index is 0.698. The fourth-order valence-corrected chi connectivity index (χ4v) is 3.07. The molecule has 1 saturated carbocycles. The van der Waals surface area contributed by atoms with Crippen LogP contribution in [0.1, 0.15) is 36.8 Å². The summed E-state index contributed by atoms with van der Waals surface area (Å²) in [5.41, 5.74) is 2.13. The van der Waals surface area contributed by atoms with Crippen LogP contribution in [0, 0.1) is 24.2 Å². The molecule has 0 radical (unpaired) electrons. The van der Waals surface area contributed by atoms with Crippen LogP contribution in [0.15, 0.2) is 24.3 Å². The molecule has 0 N–H and O–H groups in total. The van der Waals surface area contributed by atoms with Gasteiger partial charge in [0, 0.05) is 12.2 Å². The van der Waals surface area contributed by atoms with E-state index >= 15 is 0 Å². The molecule has 2 nitrogen and oxygen atoms in total. The lowest BCUT2D eigenvalue weighted by molar-refractivity contribution is 0.0873. The molecule has 1 aromatic rings. The molecule has 114 valence electrons. The van der Waals surface area contributed by atoms with Gasteiger partial charge in [-0.25, -0.2) is 0 Å². The van der Waals surface area contributed by atoms with Crippen molar-refractivity contribution in [2.75, 3.05) is 27.2 Å². The lowest BCUT2D eigenvalue weighted by Crippen LogP contribution is -2.16. The number of benzene rings is 1. The van der Waals surface area contributed by atoms with Gasteiger partial charge >= 0.3 is 0 Å². The molecule has 0 amide bonds. The second-order valence-corrected chi connectivity index (χ2v) is 6.49. The van der Waals surface area contributed by atoms with Crippen molar-refractivity contribution in [3.05, 3.63) is 35.4 Å². The maximum atomic E-state index is 5.89. The number of nitrogens with zero attached hydrogens (tertiary/aromatic N) is 1. The van der Waals surface area contributed by atoms with Crippen LogP contribution in [0.25, 0.3) is 0 Å². The number of hydrogen-bond acceptors (Lipinski definition) is 2. The predicted molar refractivity (Wildman–Crippen MR) is 88.0 cm³/mol. The third-order valence-corrected chi connectivity index (χ3v) is 4.38. The fraction of sp³-hybridized carbons (Fsp3) is 0.579. The van der Waals surface area contributed by atoms with E-state index in [1.165, 1.54) is 37.8 Å². The molecule has 0 saturated heterocycles. The zero-order chi connectivity index (χ0) is 15.1. The maximum Gasteiger partial charge on any atom is 0.0717 e. The van der Waals surface area contributed by atoms with Gasteiger partial charge in [-0.15, -0.1) is 6.42 Å². The van der Waals surface area contributed by atoms with Gasteiger partial charge in [0.1, 0.15) is 0 Å². The Morgan fingerprint density at radius 1 is 1.19 bits per heavy atom. The van der Waals surface area contributed by atoms with Crippen molar-refractivity contribution in [3.8, 4) is 12.3 Å². The van der Waals surface area contributed by atoms with Gasteiger partial charge in [0.15, 0.2) is 0 Å². The largest absolute Gasteiger partial charge is 0.376 e. The fourth-order valence-electron chi connectivity index (χ4n) is 3.07. The summed E-state index contributed by atoms with van der Waals surface area (Å²) in [4.78, 5) is 2.28. The highest BCUT2D eigenvalue weighted by Crippen LogP contribution is 2.33. The van der Waals surface area contributed by atoms with Gasteiger partial charge in [-0.1, -0.05) is 24.5 Å². The van der Waals surface area contributed by atoms with E-state index in [0.717, 1.165) is 24.0 Å². The topological polar surface area (TPSA) is 12.5 Å². The summed E-state index contributed by atoms with van der Waals surface area (Å²) >= 11 is 0. The van der Waals surface area contributed by atoms with Crippen molar-refractivity contribution in [1.82, 2.24) is 4.90 Å². The van der Waals surface area contributed by atoms with Gasteiger partial charge in [-0.2, -0.15) is 0 Å². The van der Waals surface area contributed by atoms with Gasteiger partial charge in [0.2, 0.25) is 0 Å². The van der Waals surface area contributed by atoms with E-state index in [1.807, 2.05) is 12.1 Å². The molecule has 1 aliphatic rings. The van der Waals surface area contributed by atoms with E-state index in [9.17, 15) is 0 Å². The average molecular weight is 285 g/mol. The van der Waals surface area contributed by atoms with Gasteiger partial charge < -0.3 is 9.64 Å². The summed E-state index contributed by atoms with van der Waals surface area (Å²) in [7, 11) is 4.31. The van der Waals surface area contributed by atoms with Gasteiger partial charge in [-0.3, -0.25) is 0 Å². The Balaban J connectivity index is 1.64. The molecular formula is C19H27NO. The van der Waals surface area contributed by atoms with Crippen molar-refractivity contribution >= 4 is 0 Å². The van der Waals surface area contributed by atoms with Crippen LogP contribution in [-0.2, 0) is 11.3 Å². The predicted octanol–water partition coefficient (Wildman–Crippen LogP) is 3.55. The van der Waals surface area contributed by atoms with E-state index in [-0.39, 0.29) is 0 Å². The summed E-state index contributed by atoms with van der Waals surface area (Å²) in [6.45, 7) is 2.80. The minimum absolute atomic E-state index is 0.698. The highest BCUT2D eigenvalue weighted by molar-refractivity contribution is 5.33. The second-order valence-electron chi connectivity index (χ2n) is 6.49. The van der Waals surface area contributed by atoms with Crippen molar-refractivity contribution < 1.29 is 4.74 Å². The Morgan fingerprint density at radius 3 is 2.57 bits per heavy atom. The Bertz CT molecular complexity index is 457. The number of terminal acetylenes is 1. The first-order chi connectivity index (χ1) is 10.2. The number of hydrogen-bond donors (Lipinski definition) is 0. The van der Waals surface area contributed by atoms with E-state index in [4.69, 9.17) is 11.2 Å². The molecule has 1 aromatic carbocycles. The van der Waals surface area contributed by atoms with Crippen molar-refractivity contribution in [2.24, 2.45) is 11.8 Å². The first-order valence-corrected chi connectivity index (χ1v) is 7.95. The third-order valence-electron chi connectivity index (χ3n) is 4.38. The van der Waals surface area contributed by atoms with E-state index < -0.39 is 0 Å². The quantitative estimate of drug-likeness (QED) is 0.710. The van der Waals surface area contributed by atoms with E-state index in [2.05, 4.69) is 37.0 Å². The lowest BCUT2D eigenvalue weighted by atomic mass is 10.0. The van der Waals surface area contributed by atoms with Gasteiger partial charge in [-0.05, 0) is 69.4 Å². The molecule has 2 unspecified atom stereocenters. The van der Waals surface area contributed by atoms with Crippen molar-refractivity contribution in [1.29, 1.82) is 0 Å². The first-order valence-electron chi connectivity index (χ1n) is 7.95. The lowest BCUT2D eigenvalue weighted by Gasteiger charge is -2.15. The van der Waals surface area contributed by atoms with Crippen molar-refractivity contribution in [2.45, 2.75) is 32.3 Å².